The number of thiazole rings is 1. The van der Waals surface area contributed by atoms with Gasteiger partial charge in [0.15, 0.2) is 0 Å². The Morgan fingerprint density at radius 3 is 2.71 bits per heavy atom. The van der Waals surface area contributed by atoms with Gasteiger partial charge in [-0.15, -0.1) is 11.3 Å². The number of amides is 1. The number of anilines is 1. The number of aromatic nitrogens is 3. The topological polar surface area (TPSA) is 59.8 Å². The largest absolute Gasteiger partial charge is 0.324 e. The van der Waals surface area contributed by atoms with Gasteiger partial charge in [-0.3, -0.25) is 9.48 Å². The molecule has 1 N–H and O–H groups in total. The van der Waals surface area contributed by atoms with Gasteiger partial charge in [0.1, 0.15) is 11.0 Å². The molecule has 4 rings (SSSR count). The zero-order valence-corrected chi connectivity index (χ0v) is 17.9. The minimum absolute atomic E-state index is 0.0821. The molecule has 0 aliphatic carbocycles. The van der Waals surface area contributed by atoms with Crippen LogP contribution in [0.2, 0.25) is 0 Å². The molecule has 1 unspecified atom stereocenters. The number of nitrogens with one attached hydrogen (secondary N) is 1. The van der Waals surface area contributed by atoms with E-state index in [9.17, 15) is 4.79 Å². The maximum Gasteiger partial charge on any atom is 0.249 e. The molecular weight excluding hydrogens is 436 g/mol. The number of halogens is 1. The van der Waals surface area contributed by atoms with Gasteiger partial charge < -0.3 is 5.32 Å². The number of fused-ring (bicyclic) bond motifs is 1. The van der Waals surface area contributed by atoms with Crippen LogP contribution in [-0.2, 0) is 4.79 Å². The SMILES string of the molecule is CCC(C(=O)Nc1ccc(-c2nc3ccc(C)cc3s2)cc1)n1cc(Br)cn1. The van der Waals surface area contributed by atoms with Crippen LogP contribution < -0.4 is 5.32 Å². The third kappa shape index (κ3) is 3.86. The summed E-state index contributed by atoms with van der Waals surface area (Å²) in [4.78, 5) is 17.4. The fourth-order valence-corrected chi connectivity index (χ4v) is 4.43. The summed E-state index contributed by atoms with van der Waals surface area (Å²) in [5.41, 5.74) is 4.05. The predicted octanol–water partition coefficient (Wildman–Crippen LogP) is 5.82. The average molecular weight is 455 g/mol. The Morgan fingerprint density at radius 2 is 2.04 bits per heavy atom. The minimum atomic E-state index is -0.349. The molecule has 5 nitrogen and oxygen atoms in total. The number of carbonyl (C=O) groups excluding carboxylic acids is 1. The normalized spacial score (nSPS) is 12.2. The summed E-state index contributed by atoms with van der Waals surface area (Å²) < 4.78 is 3.72. The van der Waals surface area contributed by atoms with Crippen molar-refractivity contribution in [1.82, 2.24) is 14.8 Å². The molecule has 7 heteroatoms. The predicted molar refractivity (Wildman–Crippen MR) is 118 cm³/mol. The molecule has 2 aromatic heterocycles. The van der Waals surface area contributed by atoms with Gasteiger partial charge in [0, 0.05) is 17.4 Å². The first-order chi connectivity index (χ1) is 13.5. The Morgan fingerprint density at radius 1 is 1.25 bits per heavy atom. The van der Waals surface area contributed by atoms with Crippen LogP contribution in [0.3, 0.4) is 0 Å². The Kier molecular flexibility index (Phi) is 5.28. The molecule has 142 valence electrons. The van der Waals surface area contributed by atoms with E-state index in [0.29, 0.717) is 6.42 Å². The van der Waals surface area contributed by atoms with Gasteiger partial charge in [-0.2, -0.15) is 5.10 Å². The summed E-state index contributed by atoms with van der Waals surface area (Å²) in [5.74, 6) is -0.0821. The van der Waals surface area contributed by atoms with Gasteiger partial charge in [0.05, 0.1) is 20.9 Å². The van der Waals surface area contributed by atoms with Crippen LogP contribution >= 0.6 is 27.3 Å². The Hall–Kier alpha value is -2.51. The van der Waals surface area contributed by atoms with E-state index in [0.717, 1.165) is 26.2 Å². The summed E-state index contributed by atoms with van der Waals surface area (Å²) in [6.45, 7) is 4.06. The number of hydrogen-bond donors (Lipinski definition) is 1. The van der Waals surface area contributed by atoms with Crippen molar-refractivity contribution in [2.75, 3.05) is 5.32 Å². The van der Waals surface area contributed by atoms with E-state index in [-0.39, 0.29) is 11.9 Å². The molecule has 0 fully saturated rings. The van der Waals surface area contributed by atoms with Gasteiger partial charge in [-0.25, -0.2) is 4.98 Å². The summed E-state index contributed by atoms with van der Waals surface area (Å²) in [7, 11) is 0. The molecule has 0 aliphatic heterocycles. The van der Waals surface area contributed by atoms with Gasteiger partial charge in [-0.05, 0) is 71.2 Å². The molecule has 1 amide bonds. The molecule has 2 heterocycles. The molecule has 2 aromatic carbocycles. The first kappa shape index (κ1) is 18.8. The van der Waals surface area contributed by atoms with Gasteiger partial charge in [0.2, 0.25) is 5.91 Å². The highest BCUT2D eigenvalue weighted by atomic mass is 79.9. The van der Waals surface area contributed by atoms with Crippen LogP contribution in [-0.4, -0.2) is 20.7 Å². The zero-order valence-electron chi connectivity index (χ0n) is 15.5. The third-order valence-corrected chi connectivity index (χ3v) is 6.00. The van der Waals surface area contributed by atoms with Gasteiger partial charge >= 0.3 is 0 Å². The summed E-state index contributed by atoms with van der Waals surface area (Å²) in [6.07, 6.45) is 4.15. The van der Waals surface area contributed by atoms with E-state index in [4.69, 9.17) is 4.98 Å². The van der Waals surface area contributed by atoms with Crippen molar-refractivity contribution in [2.45, 2.75) is 26.3 Å². The number of benzene rings is 2. The zero-order chi connectivity index (χ0) is 19.7. The third-order valence-electron chi connectivity index (χ3n) is 4.52. The maximum absolute atomic E-state index is 12.7. The molecule has 4 aromatic rings. The number of hydrogen-bond acceptors (Lipinski definition) is 4. The van der Waals surface area contributed by atoms with E-state index >= 15 is 0 Å². The lowest BCUT2D eigenvalue weighted by atomic mass is 10.2. The Balaban J connectivity index is 1.51. The lowest BCUT2D eigenvalue weighted by Gasteiger charge is -2.15. The first-order valence-corrected chi connectivity index (χ1v) is 10.6. The number of rotatable bonds is 5. The molecule has 0 spiro atoms. The van der Waals surface area contributed by atoms with Crippen molar-refractivity contribution in [3.8, 4) is 10.6 Å². The molecule has 28 heavy (non-hydrogen) atoms. The minimum Gasteiger partial charge on any atom is -0.324 e. The molecule has 0 saturated carbocycles. The van der Waals surface area contributed by atoms with Gasteiger partial charge in [0.25, 0.3) is 0 Å². The van der Waals surface area contributed by atoms with Crippen molar-refractivity contribution >= 4 is 49.1 Å². The van der Waals surface area contributed by atoms with Crippen LogP contribution in [0.25, 0.3) is 20.8 Å². The molecule has 0 aliphatic rings. The second kappa shape index (κ2) is 7.85. The van der Waals surface area contributed by atoms with Crippen LogP contribution in [0, 0.1) is 6.92 Å². The van der Waals surface area contributed by atoms with Crippen molar-refractivity contribution in [2.24, 2.45) is 0 Å². The van der Waals surface area contributed by atoms with Crippen molar-refractivity contribution in [3.63, 3.8) is 0 Å². The van der Waals surface area contributed by atoms with E-state index in [1.807, 2.05) is 37.4 Å². The summed E-state index contributed by atoms with van der Waals surface area (Å²) in [5, 5.41) is 8.19. The maximum atomic E-state index is 12.7. The molecule has 0 radical (unpaired) electrons. The number of aryl methyl sites for hydroxylation is 1. The Labute approximate surface area is 175 Å². The molecular formula is C21H19BrN4OS. The van der Waals surface area contributed by atoms with Crippen molar-refractivity contribution in [3.05, 3.63) is 64.9 Å². The number of nitrogens with zero attached hydrogens (tertiary/aromatic N) is 3. The highest BCUT2D eigenvalue weighted by Crippen LogP contribution is 2.31. The lowest BCUT2D eigenvalue weighted by molar-refractivity contribution is -0.119. The van der Waals surface area contributed by atoms with E-state index in [1.54, 1.807) is 22.2 Å². The standard InChI is InChI=1S/C21H19BrN4OS/c1-3-18(26-12-15(22)11-23-26)20(27)24-16-7-5-14(6-8-16)21-25-17-9-4-13(2)10-19(17)28-21/h4-12,18H,3H2,1-2H3,(H,24,27). The average Bonchev–Trinajstić information content (AvgIpc) is 3.29. The highest BCUT2D eigenvalue weighted by molar-refractivity contribution is 9.10. The fraction of sp³-hybridized carbons (Fsp3) is 0.190. The molecule has 1 atom stereocenters. The Bertz CT molecular complexity index is 1130. The summed E-state index contributed by atoms with van der Waals surface area (Å²) in [6, 6.07) is 13.7. The van der Waals surface area contributed by atoms with Gasteiger partial charge in [-0.1, -0.05) is 13.0 Å². The number of carbonyl (C=O) groups is 1. The fourth-order valence-electron chi connectivity index (χ4n) is 3.05. The van der Waals surface area contributed by atoms with Crippen LogP contribution in [0.4, 0.5) is 5.69 Å². The molecule has 0 bridgehead atoms. The highest BCUT2D eigenvalue weighted by Gasteiger charge is 2.19. The second-order valence-corrected chi connectivity index (χ2v) is 8.57. The monoisotopic (exact) mass is 454 g/mol. The van der Waals surface area contributed by atoms with Crippen LogP contribution in [0.5, 0.6) is 0 Å². The van der Waals surface area contributed by atoms with Crippen molar-refractivity contribution in [1.29, 1.82) is 0 Å². The quantitative estimate of drug-likeness (QED) is 0.413. The molecule has 0 saturated heterocycles. The summed E-state index contributed by atoms with van der Waals surface area (Å²) >= 11 is 5.05. The smallest absolute Gasteiger partial charge is 0.249 e. The first-order valence-electron chi connectivity index (χ1n) is 9.01. The van der Waals surface area contributed by atoms with E-state index < -0.39 is 0 Å². The van der Waals surface area contributed by atoms with E-state index in [1.165, 1.54) is 10.3 Å². The van der Waals surface area contributed by atoms with Crippen LogP contribution in [0.1, 0.15) is 24.9 Å². The van der Waals surface area contributed by atoms with Crippen molar-refractivity contribution < 1.29 is 4.79 Å². The lowest BCUT2D eigenvalue weighted by Crippen LogP contribution is -2.25. The van der Waals surface area contributed by atoms with E-state index in [2.05, 4.69) is 51.5 Å². The van der Waals surface area contributed by atoms with Crippen LogP contribution in [0.15, 0.2) is 59.3 Å². The second-order valence-electron chi connectivity index (χ2n) is 6.62.